The molecule has 0 N–H and O–H groups in total. The normalized spacial score (nSPS) is 13.3. The highest BCUT2D eigenvalue weighted by atomic mass is 15.5. The lowest BCUT2D eigenvalue weighted by atomic mass is 9.83. The molecular weight excluding hydrogens is 511 g/mol. The van der Waals surface area contributed by atoms with Gasteiger partial charge in [0.1, 0.15) is 5.69 Å². The summed E-state index contributed by atoms with van der Waals surface area (Å²) in [6.45, 7) is 2.22. The van der Waals surface area contributed by atoms with Gasteiger partial charge in [0, 0.05) is 22.9 Å². The van der Waals surface area contributed by atoms with Crippen molar-refractivity contribution in [1.82, 2.24) is 0 Å². The molecule has 0 spiro atoms. The number of aryl methyl sites for hydroxylation is 2. The van der Waals surface area contributed by atoms with E-state index >= 15 is 0 Å². The van der Waals surface area contributed by atoms with Gasteiger partial charge in [-0.3, -0.25) is 0 Å². The van der Waals surface area contributed by atoms with E-state index in [1.165, 1.54) is 56.3 Å². The van der Waals surface area contributed by atoms with Crippen molar-refractivity contribution in [2.24, 2.45) is 7.05 Å². The highest BCUT2D eigenvalue weighted by Crippen LogP contribution is 2.58. The smallest absolute Gasteiger partial charge is 0.319 e. The van der Waals surface area contributed by atoms with Crippen molar-refractivity contribution in [3.8, 4) is 22.3 Å². The molecule has 2 aliphatic heterocycles. The maximum atomic E-state index is 2.56. The van der Waals surface area contributed by atoms with E-state index in [2.05, 4.69) is 179 Å². The van der Waals surface area contributed by atoms with Crippen molar-refractivity contribution in [2.75, 3.05) is 14.4 Å². The van der Waals surface area contributed by atoms with Gasteiger partial charge in [-0.1, -0.05) is 109 Å². The first kappa shape index (κ1) is 24.5. The van der Waals surface area contributed by atoms with Gasteiger partial charge in [0.15, 0.2) is 0 Å². The van der Waals surface area contributed by atoms with E-state index in [4.69, 9.17) is 0 Å². The fourth-order valence-corrected chi connectivity index (χ4v) is 6.73. The Hall–Kier alpha value is -5.29. The third-order valence-corrected chi connectivity index (χ3v) is 8.53. The molecule has 4 nitrogen and oxygen atoms in total. The number of pyridine rings is 1. The number of anilines is 6. The number of benzene rings is 5. The molecule has 0 fully saturated rings. The van der Waals surface area contributed by atoms with E-state index in [0.29, 0.717) is 0 Å². The van der Waals surface area contributed by atoms with Crippen LogP contribution in [0.5, 0.6) is 0 Å². The van der Waals surface area contributed by atoms with Crippen LogP contribution in [0.25, 0.3) is 22.3 Å². The van der Waals surface area contributed by atoms with Crippen LogP contribution in [0.1, 0.15) is 5.56 Å². The Labute approximate surface area is 247 Å². The second-order valence-electron chi connectivity index (χ2n) is 11.0. The number of nitrogens with zero attached hydrogens (tertiary/aromatic N) is 4. The molecule has 0 saturated heterocycles. The molecule has 0 amide bonds. The Bertz CT molecular complexity index is 1880. The average molecular weight is 541 g/mol. The quantitative estimate of drug-likeness (QED) is 0.164. The Kier molecular flexibility index (Phi) is 5.64. The number of hydrogen-bond acceptors (Lipinski definition) is 3. The van der Waals surface area contributed by atoms with E-state index in [1.807, 2.05) is 0 Å². The number of hydrogen-bond donors (Lipinski definition) is 0. The summed E-state index contributed by atoms with van der Waals surface area (Å²) in [6.07, 6.45) is 2.13. The van der Waals surface area contributed by atoms with E-state index in [9.17, 15) is 0 Å². The molecule has 0 atom stereocenters. The van der Waals surface area contributed by atoms with Gasteiger partial charge in [-0.05, 0) is 47.9 Å². The summed E-state index contributed by atoms with van der Waals surface area (Å²) in [4.78, 5) is 7.59. The molecule has 5 heteroatoms. The second kappa shape index (κ2) is 9.67. The van der Waals surface area contributed by atoms with Crippen LogP contribution in [0, 0.1) is 6.92 Å². The van der Waals surface area contributed by atoms with Crippen molar-refractivity contribution >= 4 is 41.4 Å². The molecular formula is C37H30BN4+. The van der Waals surface area contributed by atoms with Gasteiger partial charge < -0.3 is 9.62 Å². The molecule has 5 aromatic carbocycles. The lowest BCUT2D eigenvalue weighted by Gasteiger charge is -2.30. The fraction of sp³-hybridized carbons (Fsp3) is 0.0541. The molecule has 2 aliphatic rings. The summed E-state index contributed by atoms with van der Waals surface area (Å²) < 4.78 is 2.22. The lowest BCUT2D eigenvalue weighted by molar-refractivity contribution is -0.658. The van der Waals surface area contributed by atoms with E-state index in [1.54, 1.807) is 0 Å². The average Bonchev–Trinajstić information content (AvgIpc) is 3.55. The predicted octanol–water partition coefficient (Wildman–Crippen LogP) is 8.58. The van der Waals surface area contributed by atoms with Crippen molar-refractivity contribution < 1.29 is 4.57 Å². The minimum Gasteiger partial charge on any atom is -0.319 e. The molecule has 0 unspecified atom stereocenters. The van der Waals surface area contributed by atoms with Gasteiger partial charge in [-0.15, -0.1) is 0 Å². The minimum absolute atomic E-state index is 0.139. The first-order valence-electron chi connectivity index (χ1n) is 14.5. The molecule has 8 rings (SSSR count). The Balaban J connectivity index is 1.47. The van der Waals surface area contributed by atoms with Gasteiger partial charge >= 0.3 is 7.12 Å². The SMILES string of the molecule is Cc1cccc2c1N(c1cccc[n+]1C)B1N2c2ccccc2N1c1c(-c2ccccc2)cccc1-c1ccccc1. The molecule has 0 radical (unpaired) electrons. The third-order valence-electron chi connectivity index (χ3n) is 8.53. The predicted molar refractivity (Wildman–Crippen MR) is 175 cm³/mol. The van der Waals surface area contributed by atoms with Crippen LogP contribution < -0.4 is 19.0 Å². The van der Waals surface area contributed by atoms with Crippen LogP contribution in [0.4, 0.5) is 34.3 Å². The van der Waals surface area contributed by atoms with Gasteiger partial charge in [-0.2, -0.15) is 0 Å². The van der Waals surface area contributed by atoms with E-state index < -0.39 is 0 Å². The minimum atomic E-state index is -0.139. The summed E-state index contributed by atoms with van der Waals surface area (Å²) in [5.41, 5.74) is 12.1. The highest BCUT2D eigenvalue weighted by Gasteiger charge is 2.61. The van der Waals surface area contributed by atoms with Crippen LogP contribution in [0.3, 0.4) is 0 Å². The van der Waals surface area contributed by atoms with Crippen molar-refractivity contribution in [1.29, 1.82) is 0 Å². The molecule has 200 valence electrons. The zero-order valence-electron chi connectivity index (χ0n) is 23.7. The summed E-state index contributed by atoms with van der Waals surface area (Å²) in [5, 5.41) is 0. The largest absolute Gasteiger partial charge is 0.643 e. The standard InChI is InChI=1S/C37H30BN4/c1-27-15-13-24-34-36(27)42(35-25-11-12-26-39(35)2)38-40(34)32-22-9-10-23-33(32)41(38)37-30(28-16-5-3-6-17-28)20-14-21-31(37)29-18-7-4-8-19-29/h3-26H,1-2H3/q+1. The van der Waals surface area contributed by atoms with Crippen molar-refractivity contribution in [3.05, 3.63) is 151 Å². The summed E-state index contributed by atoms with van der Waals surface area (Å²) in [7, 11) is 2.00. The lowest BCUT2D eigenvalue weighted by Crippen LogP contribution is -2.54. The number of fused-ring (bicyclic) bond motifs is 5. The summed E-state index contributed by atoms with van der Waals surface area (Å²) >= 11 is 0. The number of aromatic nitrogens is 1. The zero-order chi connectivity index (χ0) is 28.2. The zero-order valence-corrected chi connectivity index (χ0v) is 23.7. The Morgan fingerprint density at radius 1 is 0.476 bits per heavy atom. The molecule has 1 aromatic heterocycles. The topological polar surface area (TPSA) is 13.6 Å². The molecule has 0 saturated carbocycles. The molecule has 0 bridgehead atoms. The van der Waals surface area contributed by atoms with E-state index in [0.717, 1.165) is 5.82 Å². The highest BCUT2D eigenvalue weighted by molar-refractivity contribution is 6.80. The number of para-hydroxylation sites is 4. The molecule has 3 heterocycles. The maximum Gasteiger partial charge on any atom is 0.643 e. The first-order chi connectivity index (χ1) is 20.7. The second-order valence-corrected chi connectivity index (χ2v) is 11.0. The Morgan fingerprint density at radius 2 is 1.02 bits per heavy atom. The van der Waals surface area contributed by atoms with Gasteiger partial charge in [0.2, 0.25) is 0 Å². The molecule has 42 heavy (non-hydrogen) atoms. The van der Waals surface area contributed by atoms with Crippen LogP contribution in [-0.2, 0) is 7.05 Å². The van der Waals surface area contributed by atoms with Crippen LogP contribution in [0.15, 0.2) is 146 Å². The summed E-state index contributed by atoms with van der Waals surface area (Å²) in [6, 6.07) is 50.2. The van der Waals surface area contributed by atoms with Gasteiger partial charge in [-0.25, -0.2) is 9.38 Å². The maximum absolute atomic E-state index is 2.56. The van der Waals surface area contributed by atoms with Crippen LogP contribution in [-0.4, -0.2) is 7.12 Å². The Morgan fingerprint density at radius 3 is 1.67 bits per heavy atom. The number of rotatable bonds is 4. The first-order valence-corrected chi connectivity index (χ1v) is 14.5. The van der Waals surface area contributed by atoms with Crippen LogP contribution in [0.2, 0.25) is 0 Å². The van der Waals surface area contributed by atoms with Gasteiger partial charge in [0.05, 0.1) is 30.3 Å². The molecule has 6 aromatic rings. The third kappa shape index (κ3) is 3.60. The monoisotopic (exact) mass is 541 g/mol. The van der Waals surface area contributed by atoms with Crippen molar-refractivity contribution in [2.45, 2.75) is 6.92 Å². The van der Waals surface area contributed by atoms with E-state index in [-0.39, 0.29) is 7.12 Å². The molecule has 0 aliphatic carbocycles. The fourth-order valence-electron chi connectivity index (χ4n) is 6.73. The summed E-state index contributed by atoms with van der Waals surface area (Å²) in [5.74, 6) is 1.14. The van der Waals surface area contributed by atoms with Crippen LogP contribution >= 0.6 is 0 Å². The van der Waals surface area contributed by atoms with Crippen molar-refractivity contribution in [3.63, 3.8) is 0 Å². The van der Waals surface area contributed by atoms with Gasteiger partial charge in [0.25, 0.3) is 5.82 Å².